The molecule has 3 nitrogen and oxygen atoms in total. The SMILES string of the molecule is CNC(c1cc2cc(F)ccc2o1)c1ncc(Cl)cc1Cl. The Morgan fingerprint density at radius 2 is 2.05 bits per heavy atom. The fourth-order valence-corrected chi connectivity index (χ4v) is 2.72. The number of hydrogen-bond donors (Lipinski definition) is 1. The first kappa shape index (κ1) is 14.3. The van der Waals surface area contributed by atoms with Crippen LogP contribution in [0.25, 0.3) is 11.0 Å². The molecular weight excluding hydrogens is 314 g/mol. The van der Waals surface area contributed by atoms with E-state index in [-0.39, 0.29) is 11.9 Å². The molecule has 0 saturated heterocycles. The molecule has 2 aromatic heterocycles. The van der Waals surface area contributed by atoms with Crippen LogP contribution in [0.3, 0.4) is 0 Å². The summed E-state index contributed by atoms with van der Waals surface area (Å²) in [7, 11) is 1.77. The van der Waals surface area contributed by atoms with Gasteiger partial charge in [-0.2, -0.15) is 0 Å². The summed E-state index contributed by atoms with van der Waals surface area (Å²) in [6.45, 7) is 0. The zero-order valence-electron chi connectivity index (χ0n) is 11.0. The van der Waals surface area contributed by atoms with Crippen molar-refractivity contribution in [2.45, 2.75) is 6.04 Å². The number of hydrogen-bond acceptors (Lipinski definition) is 3. The molecular formula is C15H11Cl2FN2O. The molecule has 0 aliphatic rings. The summed E-state index contributed by atoms with van der Waals surface area (Å²) in [6.07, 6.45) is 1.52. The van der Waals surface area contributed by atoms with Gasteiger partial charge < -0.3 is 9.73 Å². The number of nitrogens with zero attached hydrogens (tertiary/aromatic N) is 1. The quantitative estimate of drug-likeness (QED) is 0.766. The van der Waals surface area contributed by atoms with Gasteiger partial charge in [0.25, 0.3) is 0 Å². The van der Waals surface area contributed by atoms with Gasteiger partial charge in [-0.3, -0.25) is 4.98 Å². The first-order chi connectivity index (χ1) is 10.1. The molecule has 1 atom stereocenters. The van der Waals surface area contributed by atoms with Crippen molar-refractivity contribution in [1.82, 2.24) is 10.3 Å². The van der Waals surface area contributed by atoms with Crippen molar-refractivity contribution in [3.05, 3.63) is 63.8 Å². The van der Waals surface area contributed by atoms with Crippen molar-refractivity contribution in [2.24, 2.45) is 0 Å². The van der Waals surface area contributed by atoms with E-state index in [0.29, 0.717) is 32.5 Å². The van der Waals surface area contributed by atoms with Crippen LogP contribution < -0.4 is 5.32 Å². The summed E-state index contributed by atoms with van der Waals surface area (Å²) in [5.74, 6) is 0.299. The molecule has 1 unspecified atom stereocenters. The van der Waals surface area contributed by atoms with Crippen LogP contribution in [0.4, 0.5) is 4.39 Å². The van der Waals surface area contributed by atoms with E-state index in [2.05, 4.69) is 10.3 Å². The van der Waals surface area contributed by atoms with E-state index in [1.807, 2.05) is 0 Å². The molecule has 3 rings (SSSR count). The van der Waals surface area contributed by atoms with Gasteiger partial charge in [0.1, 0.15) is 23.2 Å². The Labute approximate surface area is 130 Å². The lowest BCUT2D eigenvalue weighted by atomic mass is 10.1. The lowest BCUT2D eigenvalue weighted by Gasteiger charge is -2.14. The maximum atomic E-state index is 13.3. The molecule has 108 valence electrons. The van der Waals surface area contributed by atoms with E-state index in [9.17, 15) is 4.39 Å². The third-order valence-corrected chi connectivity index (χ3v) is 3.69. The summed E-state index contributed by atoms with van der Waals surface area (Å²) in [6, 6.07) is 7.43. The number of furan rings is 1. The van der Waals surface area contributed by atoms with Crippen LogP contribution in [0.5, 0.6) is 0 Å². The van der Waals surface area contributed by atoms with Gasteiger partial charge in [0.05, 0.1) is 15.7 Å². The third kappa shape index (κ3) is 2.75. The average molecular weight is 325 g/mol. The topological polar surface area (TPSA) is 38.1 Å². The number of fused-ring (bicyclic) bond motifs is 1. The van der Waals surface area contributed by atoms with E-state index >= 15 is 0 Å². The van der Waals surface area contributed by atoms with Gasteiger partial charge in [0.15, 0.2) is 0 Å². The second-order valence-electron chi connectivity index (χ2n) is 4.57. The Kier molecular flexibility index (Phi) is 3.85. The molecule has 0 aliphatic carbocycles. The number of aromatic nitrogens is 1. The van der Waals surface area contributed by atoms with Crippen molar-refractivity contribution in [1.29, 1.82) is 0 Å². The average Bonchev–Trinajstić information content (AvgIpc) is 2.84. The Balaban J connectivity index is 2.09. The van der Waals surface area contributed by atoms with E-state index in [1.54, 1.807) is 25.2 Å². The minimum atomic E-state index is -0.342. The number of rotatable bonds is 3. The predicted molar refractivity (Wildman–Crippen MR) is 81.3 cm³/mol. The van der Waals surface area contributed by atoms with E-state index < -0.39 is 0 Å². The predicted octanol–water partition coefficient (Wildman–Crippen LogP) is 4.58. The van der Waals surface area contributed by atoms with Crippen LogP contribution in [0.2, 0.25) is 10.0 Å². The molecule has 0 spiro atoms. The Morgan fingerprint density at radius 1 is 1.24 bits per heavy atom. The van der Waals surface area contributed by atoms with Crippen molar-refractivity contribution < 1.29 is 8.81 Å². The molecule has 0 amide bonds. The second kappa shape index (κ2) is 5.64. The lowest BCUT2D eigenvalue weighted by Crippen LogP contribution is -2.18. The highest BCUT2D eigenvalue weighted by Gasteiger charge is 2.21. The minimum absolute atomic E-state index is 0.307. The highest BCUT2D eigenvalue weighted by Crippen LogP contribution is 2.31. The number of halogens is 3. The maximum absolute atomic E-state index is 13.3. The van der Waals surface area contributed by atoms with Gasteiger partial charge in [-0.25, -0.2) is 4.39 Å². The molecule has 0 fully saturated rings. The second-order valence-corrected chi connectivity index (χ2v) is 5.42. The summed E-state index contributed by atoms with van der Waals surface area (Å²) >= 11 is 12.0. The van der Waals surface area contributed by atoms with Crippen LogP contribution in [0.1, 0.15) is 17.5 Å². The van der Waals surface area contributed by atoms with Gasteiger partial charge in [-0.05, 0) is 37.4 Å². The van der Waals surface area contributed by atoms with Crippen LogP contribution in [-0.2, 0) is 0 Å². The highest BCUT2D eigenvalue weighted by atomic mass is 35.5. The molecule has 1 aromatic carbocycles. The maximum Gasteiger partial charge on any atom is 0.134 e. The minimum Gasteiger partial charge on any atom is -0.459 e. The lowest BCUT2D eigenvalue weighted by molar-refractivity contribution is 0.486. The summed E-state index contributed by atoms with van der Waals surface area (Å²) in [5, 5.41) is 4.68. The molecule has 3 aromatic rings. The van der Waals surface area contributed by atoms with Crippen molar-refractivity contribution >= 4 is 34.2 Å². The van der Waals surface area contributed by atoms with Gasteiger partial charge in [0, 0.05) is 11.6 Å². The largest absolute Gasteiger partial charge is 0.459 e. The summed E-state index contributed by atoms with van der Waals surface area (Å²) in [4.78, 5) is 4.25. The van der Waals surface area contributed by atoms with Gasteiger partial charge in [-0.15, -0.1) is 0 Å². The number of pyridine rings is 1. The standard InChI is InChI=1S/C15H11Cl2FN2O/c1-19-15(14-11(17)6-9(16)7-20-14)13-5-8-4-10(18)2-3-12(8)21-13/h2-7,15,19H,1H3. The molecule has 1 N–H and O–H groups in total. The van der Waals surface area contributed by atoms with E-state index in [1.165, 1.54) is 18.3 Å². The molecule has 21 heavy (non-hydrogen) atoms. The highest BCUT2D eigenvalue weighted by molar-refractivity contribution is 6.34. The van der Waals surface area contributed by atoms with Crippen molar-refractivity contribution in [2.75, 3.05) is 7.05 Å². The van der Waals surface area contributed by atoms with E-state index in [4.69, 9.17) is 27.6 Å². The molecule has 2 heterocycles. The van der Waals surface area contributed by atoms with E-state index in [0.717, 1.165) is 0 Å². The normalized spacial score (nSPS) is 12.8. The smallest absolute Gasteiger partial charge is 0.134 e. The fourth-order valence-electron chi connectivity index (χ4n) is 2.23. The fraction of sp³-hybridized carbons (Fsp3) is 0.133. The number of nitrogens with one attached hydrogen (secondary N) is 1. The van der Waals surface area contributed by atoms with Crippen molar-refractivity contribution in [3.63, 3.8) is 0 Å². The van der Waals surface area contributed by atoms with Gasteiger partial charge >= 0.3 is 0 Å². The number of benzene rings is 1. The molecule has 0 saturated carbocycles. The first-order valence-corrected chi connectivity index (χ1v) is 7.01. The first-order valence-electron chi connectivity index (χ1n) is 6.25. The monoisotopic (exact) mass is 324 g/mol. The Hall–Kier alpha value is -1.62. The molecule has 6 heteroatoms. The van der Waals surface area contributed by atoms with Gasteiger partial charge in [-0.1, -0.05) is 23.2 Å². The summed E-state index contributed by atoms with van der Waals surface area (Å²) < 4.78 is 19.0. The molecule has 0 radical (unpaired) electrons. The third-order valence-electron chi connectivity index (χ3n) is 3.18. The Morgan fingerprint density at radius 3 is 2.76 bits per heavy atom. The Bertz CT molecular complexity index is 803. The van der Waals surface area contributed by atoms with Crippen LogP contribution in [0.15, 0.2) is 40.9 Å². The van der Waals surface area contributed by atoms with Gasteiger partial charge in [0.2, 0.25) is 0 Å². The zero-order valence-corrected chi connectivity index (χ0v) is 12.5. The molecule has 0 aliphatic heterocycles. The van der Waals surface area contributed by atoms with Crippen molar-refractivity contribution in [3.8, 4) is 0 Å². The van der Waals surface area contributed by atoms with Crippen LogP contribution >= 0.6 is 23.2 Å². The zero-order chi connectivity index (χ0) is 15.0. The van der Waals surface area contributed by atoms with Crippen LogP contribution in [-0.4, -0.2) is 12.0 Å². The van der Waals surface area contributed by atoms with Crippen LogP contribution in [0, 0.1) is 5.82 Å². The summed E-state index contributed by atoms with van der Waals surface area (Å²) in [5.41, 5.74) is 1.21. The molecule has 0 bridgehead atoms.